The Labute approximate surface area is 227 Å². The van der Waals surface area contributed by atoms with Crippen LogP contribution >= 0.6 is 12.8 Å². The molecule has 0 unspecified atom stereocenters. The lowest BCUT2D eigenvalue weighted by Crippen LogP contribution is -2.12. The number of fused-ring (bicyclic) bond motifs is 6. The molecule has 0 fully saturated rings. The zero-order valence-electron chi connectivity index (χ0n) is 20.8. The molecule has 0 radical (unpaired) electrons. The van der Waals surface area contributed by atoms with Crippen LogP contribution in [0, 0.1) is 11.6 Å². The number of carbonyl (C=O) groups is 1. The van der Waals surface area contributed by atoms with Crippen molar-refractivity contribution in [1.82, 2.24) is 19.2 Å². The first-order chi connectivity index (χ1) is 18.9. The summed E-state index contributed by atoms with van der Waals surface area (Å²) in [6.45, 7) is 0.748. The predicted molar refractivity (Wildman–Crippen MR) is 151 cm³/mol. The van der Waals surface area contributed by atoms with E-state index in [2.05, 4.69) is 28.5 Å². The number of aldehydes is 1. The van der Waals surface area contributed by atoms with E-state index in [4.69, 9.17) is 4.98 Å². The summed E-state index contributed by atoms with van der Waals surface area (Å²) >= 11 is 4.57. The molecule has 0 amide bonds. The van der Waals surface area contributed by atoms with Gasteiger partial charge in [0, 0.05) is 30.1 Å². The first kappa shape index (κ1) is 23.6. The third kappa shape index (κ3) is 3.64. The zero-order chi connectivity index (χ0) is 26.8. The molecule has 1 aliphatic heterocycles. The van der Waals surface area contributed by atoms with Crippen molar-refractivity contribution >= 4 is 41.2 Å². The van der Waals surface area contributed by atoms with E-state index < -0.39 is 0 Å². The predicted octanol–water partition coefficient (Wildman–Crippen LogP) is 6.61. The molecule has 0 spiro atoms. The van der Waals surface area contributed by atoms with Gasteiger partial charge < -0.3 is 8.87 Å². The summed E-state index contributed by atoms with van der Waals surface area (Å²) in [4.78, 5) is 17.3. The Morgan fingerprint density at radius 1 is 1.00 bits per heavy atom. The molecule has 7 rings (SSSR count). The summed E-state index contributed by atoms with van der Waals surface area (Å²) in [5, 5.41) is 5.21. The monoisotopic (exact) mass is 537 g/mol. The fraction of sp³-hybridized carbons (Fsp3) is 0.100. The molecule has 5 heterocycles. The van der Waals surface area contributed by atoms with E-state index in [0.717, 1.165) is 53.0 Å². The second kappa shape index (κ2) is 8.78. The van der Waals surface area contributed by atoms with Gasteiger partial charge in [0.25, 0.3) is 0 Å². The molecule has 4 aromatic heterocycles. The molecule has 0 N–H and O–H groups in total. The molecule has 0 aliphatic carbocycles. The number of hydrogen-bond acceptors (Lipinski definition) is 5. The summed E-state index contributed by atoms with van der Waals surface area (Å²) in [5.41, 5.74) is 7.87. The van der Waals surface area contributed by atoms with E-state index in [-0.39, 0.29) is 11.6 Å². The molecular formula is C30H21F2N5OS. The van der Waals surface area contributed by atoms with Crippen LogP contribution in [0.5, 0.6) is 0 Å². The van der Waals surface area contributed by atoms with Crippen LogP contribution in [-0.4, -0.2) is 32.5 Å². The summed E-state index contributed by atoms with van der Waals surface area (Å²) in [5.74, 6) is -0.618. The molecule has 0 atom stereocenters. The molecule has 39 heavy (non-hydrogen) atoms. The van der Waals surface area contributed by atoms with Crippen LogP contribution in [0.4, 0.5) is 14.5 Å². The van der Waals surface area contributed by atoms with Gasteiger partial charge in [-0.3, -0.25) is 4.79 Å². The summed E-state index contributed by atoms with van der Waals surface area (Å²) < 4.78 is 33.5. The maximum Gasteiger partial charge on any atom is 0.154 e. The molecule has 9 heteroatoms. The van der Waals surface area contributed by atoms with Gasteiger partial charge in [0.2, 0.25) is 0 Å². The highest BCUT2D eigenvalue weighted by atomic mass is 32.1. The van der Waals surface area contributed by atoms with Crippen molar-refractivity contribution in [2.45, 2.75) is 13.0 Å². The Kier molecular flexibility index (Phi) is 5.31. The lowest BCUT2D eigenvalue weighted by molar-refractivity contribution is 0.112. The highest BCUT2D eigenvalue weighted by Crippen LogP contribution is 2.39. The van der Waals surface area contributed by atoms with Crippen LogP contribution in [0.1, 0.15) is 15.9 Å². The topological polar surface area (TPSA) is 55.4 Å². The molecule has 0 saturated heterocycles. The molecule has 1 aliphatic rings. The number of nitrogens with zero attached hydrogens (tertiary/aromatic N) is 5. The van der Waals surface area contributed by atoms with Gasteiger partial charge in [-0.25, -0.2) is 18.3 Å². The third-order valence-corrected chi connectivity index (χ3v) is 7.58. The smallest absolute Gasteiger partial charge is 0.154 e. The van der Waals surface area contributed by atoms with E-state index in [9.17, 15) is 13.6 Å². The molecular weight excluding hydrogens is 516 g/mol. The number of aryl methyl sites for hydroxylation is 2. The van der Waals surface area contributed by atoms with Gasteiger partial charge in [0.05, 0.1) is 45.6 Å². The molecule has 6 aromatic rings. The molecule has 192 valence electrons. The minimum absolute atomic E-state index is 0.254. The molecule has 6 nitrogen and oxygen atoms in total. The second-order valence-electron chi connectivity index (χ2n) is 9.62. The SMILES string of the molecule is CN(S)c1cn2nc(-c3ccc(F)cc3)c(C=O)c2cc1-c1ccc2c(n1)-c1cc3c(F)cccc3n1CC2. The average Bonchev–Trinajstić information content (AvgIpc) is 3.51. The van der Waals surface area contributed by atoms with Gasteiger partial charge in [-0.1, -0.05) is 24.9 Å². The van der Waals surface area contributed by atoms with Gasteiger partial charge in [-0.15, -0.1) is 0 Å². The van der Waals surface area contributed by atoms with Crippen LogP contribution in [0.3, 0.4) is 0 Å². The van der Waals surface area contributed by atoms with Crippen molar-refractivity contribution < 1.29 is 13.6 Å². The number of hydrogen-bond donors (Lipinski definition) is 1. The van der Waals surface area contributed by atoms with E-state index in [1.807, 2.05) is 24.3 Å². The normalized spacial score (nSPS) is 12.5. The lowest BCUT2D eigenvalue weighted by Gasteiger charge is -2.21. The standard InChI is InChI=1S/C30H21F2N5OS/c1-35(39)28-15-37-26(22(16-38)29(34-37)17-5-8-19(31)9-6-17)14-21(28)24-10-7-18-11-12-36-25-4-2-3-23(32)20(25)13-27(36)30(18)33-24/h2-10,13-16,39H,11-12H2,1H3. The summed E-state index contributed by atoms with van der Waals surface area (Å²) in [7, 11) is 1.80. The van der Waals surface area contributed by atoms with Gasteiger partial charge in [-0.05, 0) is 66.6 Å². The van der Waals surface area contributed by atoms with Gasteiger partial charge in [-0.2, -0.15) is 5.10 Å². The Hall–Kier alpha value is -4.50. The van der Waals surface area contributed by atoms with Crippen LogP contribution < -0.4 is 4.31 Å². The van der Waals surface area contributed by atoms with Crippen molar-refractivity contribution in [2.75, 3.05) is 11.4 Å². The van der Waals surface area contributed by atoms with E-state index >= 15 is 0 Å². The number of rotatable bonds is 4. The van der Waals surface area contributed by atoms with Gasteiger partial charge in [0.1, 0.15) is 17.3 Å². The Morgan fingerprint density at radius 2 is 1.82 bits per heavy atom. The number of aromatic nitrogens is 4. The first-order valence-electron chi connectivity index (χ1n) is 12.4. The zero-order valence-corrected chi connectivity index (χ0v) is 21.7. The van der Waals surface area contributed by atoms with E-state index in [1.165, 1.54) is 18.2 Å². The number of halogens is 2. The van der Waals surface area contributed by atoms with E-state index in [0.29, 0.717) is 33.4 Å². The second-order valence-corrected chi connectivity index (χ2v) is 10.2. The molecule has 2 aromatic carbocycles. The van der Waals surface area contributed by atoms with Crippen LogP contribution in [0.25, 0.3) is 50.3 Å². The highest BCUT2D eigenvalue weighted by molar-refractivity contribution is 7.81. The molecule has 0 bridgehead atoms. The Morgan fingerprint density at radius 3 is 2.59 bits per heavy atom. The van der Waals surface area contributed by atoms with Gasteiger partial charge in [0.15, 0.2) is 6.29 Å². The van der Waals surface area contributed by atoms with Crippen LogP contribution in [-0.2, 0) is 13.0 Å². The van der Waals surface area contributed by atoms with Gasteiger partial charge >= 0.3 is 0 Å². The third-order valence-electron chi connectivity index (χ3n) is 7.37. The summed E-state index contributed by atoms with van der Waals surface area (Å²) in [6, 6.07) is 18.8. The van der Waals surface area contributed by atoms with Crippen molar-refractivity contribution in [2.24, 2.45) is 0 Å². The average molecular weight is 538 g/mol. The quantitative estimate of drug-likeness (QED) is 0.203. The van der Waals surface area contributed by atoms with Crippen molar-refractivity contribution in [3.05, 3.63) is 95.7 Å². The number of anilines is 1. The number of benzene rings is 2. The molecule has 0 saturated carbocycles. The Bertz CT molecular complexity index is 1940. The van der Waals surface area contributed by atoms with E-state index in [1.54, 1.807) is 40.3 Å². The first-order valence-corrected chi connectivity index (χ1v) is 12.8. The fourth-order valence-corrected chi connectivity index (χ4v) is 5.64. The maximum absolute atomic E-state index is 14.6. The highest BCUT2D eigenvalue weighted by Gasteiger charge is 2.24. The van der Waals surface area contributed by atoms with Crippen LogP contribution in [0.2, 0.25) is 0 Å². The van der Waals surface area contributed by atoms with Crippen molar-refractivity contribution in [1.29, 1.82) is 0 Å². The fourth-order valence-electron chi connectivity index (χ4n) is 5.48. The lowest BCUT2D eigenvalue weighted by atomic mass is 10.0. The number of thiol groups is 1. The number of carbonyl (C=O) groups excluding carboxylic acids is 1. The Balaban J connectivity index is 1.43. The van der Waals surface area contributed by atoms with Crippen molar-refractivity contribution in [3.63, 3.8) is 0 Å². The summed E-state index contributed by atoms with van der Waals surface area (Å²) in [6.07, 6.45) is 3.35. The largest absolute Gasteiger partial charge is 0.339 e. The van der Waals surface area contributed by atoms with Crippen molar-refractivity contribution in [3.8, 4) is 33.9 Å². The minimum atomic E-state index is -0.364. The maximum atomic E-state index is 14.6. The van der Waals surface area contributed by atoms with Crippen LogP contribution in [0.15, 0.2) is 72.9 Å². The number of pyridine rings is 2. The minimum Gasteiger partial charge on any atom is -0.339 e.